The van der Waals surface area contributed by atoms with Crippen molar-refractivity contribution in [2.75, 3.05) is 31.8 Å². The number of ether oxygens (including phenoxy) is 2. The first kappa shape index (κ1) is 17.0. The highest BCUT2D eigenvalue weighted by atomic mass is 16.5. The Labute approximate surface area is 147 Å². The average molecular weight is 339 g/mol. The number of rotatable bonds is 7. The van der Waals surface area contributed by atoms with Crippen LogP contribution in [0.15, 0.2) is 59.7 Å². The molecule has 3 rings (SSSR count). The lowest BCUT2D eigenvalue weighted by molar-refractivity contribution is -0.121. The number of hydrogen-bond acceptors (Lipinski definition) is 5. The van der Waals surface area contributed by atoms with Crippen molar-refractivity contribution >= 4 is 17.5 Å². The lowest BCUT2D eigenvalue weighted by atomic mass is 10.2. The maximum atomic E-state index is 12.2. The summed E-state index contributed by atoms with van der Waals surface area (Å²) in [5.74, 6) is 0.870. The normalized spacial score (nSPS) is 14.0. The second-order valence-corrected chi connectivity index (χ2v) is 5.54. The Morgan fingerprint density at radius 3 is 2.72 bits per heavy atom. The van der Waals surface area contributed by atoms with Crippen LogP contribution in [0.5, 0.6) is 5.75 Å². The van der Waals surface area contributed by atoms with Gasteiger partial charge in [0.25, 0.3) is 5.91 Å². The second kappa shape index (κ2) is 8.30. The van der Waals surface area contributed by atoms with Crippen LogP contribution in [0.4, 0.5) is 5.69 Å². The van der Waals surface area contributed by atoms with E-state index in [0.29, 0.717) is 23.9 Å². The van der Waals surface area contributed by atoms with Crippen LogP contribution in [0.3, 0.4) is 0 Å². The Bertz CT molecular complexity index is 747. The van der Waals surface area contributed by atoms with Gasteiger partial charge in [-0.05, 0) is 44.3 Å². The van der Waals surface area contributed by atoms with Crippen molar-refractivity contribution in [2.45, 2.75) is 6.42 Å². The van der Waals surface area contributed by atoms with Crippen LogP contribution in [0, 0.1) is 0 Å². The van der Waals surface area contributed by atoms with Crippen LogP contribution in [0.25, 0.3) is 0 Å². The smallest absolute Gasteiger partial charge is 0.285 e. The molecule has 0 unspecified atom stereocenters. The number of benzene rings is 2. The summed E-state index contributed by atoms with van der Waals surface area (Å²) in [4.78, 5) is 12.2. The molecular weight excluding hydrogens is 318 g/mol. The molecule has 25 heavy (non-hydrogen) atoms. The lowest BCUT2D eigenvalue weighted by Gasteiger charge is -2.24. The quantitative estimate of drug-likeness (QED) is 0.787. The molecule has 0 spiro atoms. The maximum Gasteiger partial charge on any atom is 0.285 e. The number of nitrogens with zero attached hydrogens (tertiary/aromatic N) is 2. The predicted octanol–water partition coefficient (Wildman–Crippen LogP) is 2.40. The second-order valence-electron chi connectivity index (χ2n) is 5.54. The molecular formula is C19H21N3O3. The number of carbonyl (C=O) groups is 1. The molecule has 6 nitrogen and oxygen atoms in total. The molecule has 0 fully saturated rings. The summed E-state index contributed by atoms with van der Waals surface area (Å²) in [5, 5.41) is 8.85. The van der Waals surface area contributed by atoms with Crippen LogP contribution in [-0.2, 0) is 9.53 Å². The molecule has 1 aliphatic heterocycles. The molecule has 0 saturated carbocycles. The number of carbonyl (C=O) groups excluding carboxylic acids is 1. The lowest BCUT2D eigenvalue weighted by Crippen LogP contribution is -2.36. The highest BCUT2D eigenvalue weighted by Crippen LogP contribution is 2.24. The van der Waals surface area contributed by atoms with Crippen molar-refractivity contribution in [3.05, 3.63) is 60.2 Å². The van der Waals surface area contributed by atoms with Gasteiger partial charge < -0.3 is 14.8 Å². The fraction of sp³-hybridized carbons (Fsp3) is 0.263. The topological polar surface area (TPSA) is 63.2 Å². The number of hydrazone groups is 1. The summed E-state index contributed by atoms with van der Waals surface area (Å²) in [6.07, 6.45) is 0.896. The van der Waals surface area contributed by atoms with Crippen LogP contribution in [0.1, 0.15) is 12.0 Å². The van der Waals surface area contributed by atoms with E-state index in [4.69, 9.17) is 9.47 Å². The van der Waals surface area contributed by atoms with Gasteiger partial charge in [-0.1, -0.05) is 30.3 Å². The summed E-state index contributed by atoms with van der Waals surface area (Å²) in [6.45, 7) is 1.42. The van der Waals surface area contributed by atoms with Crippen molar-refractivity contribution in [3.63, 3.8) is 0 Å². The van der Waals surface area contributed by atoms with Gasteiger partial charge in [0.05, 0.1) is 17.9 Å². The number of nitrogens with one attached hydrogen (secondary N) is 1. The molecule has 1 amide bonds. The van der Waals surface area contributed by atoms with Crippen LogP contribution >= 0.6 is 0 Å². The highest BCUT2D eigenvalue weighted by molar-refractivity contribution is 6.05. The molecule has 2 aromatic carbocycles. The zero-order valence-electron chi connectivity index (χ0n) is 14.1. The van der Waals surface area contributed by atoms with Crippen molar-refractivity contribution in [1.82, 2.24) is 5.32 Å². The van der Waals surface area contributed by atoms with Gasteiger partial charge in [0.2, 0.25) is 5.90 Å². The summed E-state index contributed by atoms with van der Waals surface area (Å²) in [6, 6.07) is 16.9. The van der Waals surface area contributed by atoms with Gasteiger partial charge in [0, 0.05) is 0 Å². The van der Waals surface area contributed by atoms with Gasteiger partial charge in [-0.3, -0.25) is 4.79 Å². The fourth-order valence-electron chi connectivity index (χ4n) is 2.47. The van der Waals surface area contributed by atoms with E-state index in [9.17, 15) is 4.79 Å². The Kier molecular flexibility index (Phi) is 5.64. The maximum absolute atomic E-state index is 12.2. The van der Waals surface area contributed by atoms with Crippen LogP contribution < -0.4 is 15.1 Å². The third-order valence-electron chi connectivity index (χ3n) is 3.71. The molecule has 1 heterocycles. The van der Waals surface area contributed by atoms with E-state index in [1.165, 1.54) is 5.01 Å². The zero-order valence-corrected chi connectivity index (χ0v) is 14.1. The molecule has 130 valence electrons. The van der Waals surface area contributed by atoms with Crippen molar-refractivity contribution in [1.29, 1.82) is 0 Å². The SMILES string of the molecule is CNCCCOc1ccccc1C1=NN(c2ccccc2)C(=O)CO1. The number of para-hydroxylation sites is 2. The number of amides is 1. The monoisotopic (exact) mass is 339 g/mol. The summed E-state index contributed by atoms with van der Waals surface area (Å²) < 4.78 is 11.4. The Balaban J connectivity index is 1.84. The molecule has 0 saturated heterocycles. The van der Waals surface area contributed by atoms with Crippen molar-refractivity contribution < 1.29 is 14.3 Å². The van der Waals surface area contributed by atoms with E-state index < -0.39 is 0 Å². The molecule has 1 N–H and O–H groups in total. The number of anilines is 1. The molecule has 0 aromatic heterocycles. The summed E-state index contributed by atoms with van der Waals surface area (Å²) in [7, 11) is 1.91. The van der Waals surface area contributed by atoms with Gasteiger partial charge in [-0.25, -0.2) is 0 Å². The fourth-order valence-corrected chi connectivity index (χ4v) is 2.47. The van der Waals surface area contributed by atoms with E-state index in [1.54, 1.807) is 0 Å². The minimum Gasteiger partial charge on any atom is -0.493 e. The van der Waals surface area contributed by atoms with E-state index in [-0.39, 0.29) is 12.5 Å². The average Bonchev–Trinajstić information content (AvgIpc) is 2.67. The minimum atomic E-state index is -0.206. The van der Waals surface area contributed by atoms with Crippen molar-refractivity contribution in [2.24, 2.45) is 5.10 Å². The first-order chi connectivity index (χ1) is 12.3. The van der Waals surface area contributed by atoms with E-state index in [0.717, 1.165) is 18.5 Å². The standard InChI is InChI=1S/C19H21N3O3/c1-20-12-7-13-24-17-11-6-5-10-16(17)19-21-22(18(23)14-25-19)15-8-3-2-4-9-15/h2-6,8-11,20H,7,12-14H2,1H3. The molecule has 2 aromatic rings. The van der Waals surface area contributed by atoms with Crippen molar-refractivity contribution in [3.8, 4) is 5.75 Å². The molecule has 0 bridgehead atoms. The molecule has 0 radical (unpaired) electrons. The Morgan fingerprint density at radius 2 is 1.92 bits per heavy atom. The summed E-state index contributed by atoms with van der Waals surface area (Å²) in [5.41, 5.74) is 1.45. The molecule has 1 aliphatic rings. The number of hydrogen-bond donors (Lipinski definition) is 1. The van der Waals surface area contributed by atoms with Gasteiger partial charge in [-0.2, -0.15) is 5.01 Å². The van der Waals surface area contributed by atoms with Crippen LogP contribution in [0.2, 0.25) is 0 Å². The van der Waals surface area contributed by atoms with Gasteiger partial charge in [-0.15, -0.1) is 5.10 Å². The van der Waals surface area contributed by atoms with E-state index in [2.05, 4.69) is 10.4 Å². The Hall–Kier alpha value is -2.86. The van der Waals surface area contributed by atoms with Crippen LogP contribution in [-0.4, -0.2) is 38.6 Å². The zero-order chi connectivity index (χ0) is 17.5. The minimum absolute atomic E-state index is 0.0538. The third kappa shape index (κ3) is 4.16. The highest BCUT2D eigenvalue weighted by Gasteiger charge is 2.25. The summed E-state index contributed by atoms with van der Waals surface area (Å²) >= 11 is 0. The van der Waals surface area contributed by atoms with E-state index in [1.807, 2.05) is 61.6 Å². The third-order valence-corrected chi connectivity index (χ3v) is 3.71. The predicted molar refractivity (Wildman–Crippen MR) is 96.9 cm³/mol. The van der Waals surface area contributed by atoms with Gasteiger partial charge >= 0.3 is 0 Å². The first-order valence-electron chi connectivity index (χ1n) is 8.26. The van der Waals surface area contributed by atoms with E-state index >= 15 is 0 Å². The first-order valence-corrected chi connectivity index (χ1v) is 8.26. The largest absolute Gasteiger partial charge is 0.493 e. The van der Waals surface area contributed by atoms with Gasteiger partial charge in [0.15, 0.2) is 6.61 Å². The Morgan fingerprint density at radius 1 is 1.16 bits per heavy atom. The molecule has 0 aliphatic carbocycles. The van der Waals surface area contributed by atoms with Gasteiger partial charge in [0.1, 0.15) is 5.75 Å². The molecule has 6 heteroatoms. The molecule has 0 atom stereocenters.